The van der Waals surface area contributed by atoms with Gasteiger partial charge in [-0.05, 0) is 12.1 Å². The predicted molar refractivity (Wildman–Crippen MR) is 69.2 cm³/mol. The molecule has 2 N–H and O–H groups in total. The van der Waals surface area contributed by atoms with Gasteiger partial charge >= 0.3 is 0 Å². The highest BCUT2D eigenvalue weighted by molar-refractivity contribution is 5.73. The van der Waals surface area contributed by atoms with Crippen LogP contribution in [0.4, 0.5) is 5.95 Å². The Balaban J connectivity index is 1.75. The van der Waals surface area contributed by atoms with Crippen molar-refractivity contribution in [1.29, 1.82) is 0 Å². The molecule has 1 fully saturated rings. The van der Waals surface area contributed by atoms with Crippen molar-refractivity contribution in [1.82, 2.24) is 19.4 Å². The van der Waals surface area contributed by atoms with Gasteiger partial charge in [-0.1, -0.05) is 0 Å². The highest BCUT2D eigenvalue weighted by Crippen LogP contribution is 2.14. The Morgan fingerprint density at radius 1 is 1.28 bits per heavy atom. The average Bonchev–Trinajstić information content (AvgIpc) is 2.73. The van der Waals surface area contributed by atoms with Gasteiger partial charge in [-0.3, -0.25) is 9.47 Å². The number of hydrogen-bond acceptors (Lipinski definition) is 5. The maximum Gasteiger partial charge on any atom is 0.202 e. The summed E-state index contributed by atoms with van der Waals surface area (Å²) < 4.78 is 7.31. The van der Waals surface area contributed by atoms with Crippen LogP contribution in [0, 0.1) is 0 Å². The number of anilines is 1. The third-order valence-electron chi connectivity index (χ3n) is 3.28. The number of aromatic nitrogens is 3. The van der Waals surface area contributed by atoms with Crippen molar-refractivity contribution in [2.45, 2.75) is 6.54 Å². The molecular formula is C12H17N5O. The summed E-state index contributed by atoms with van der Waals surface area (Å²) in [7, 11) is 0. The molecule has 96 valence electrons. The van der Waals surface area contributed by atoms with Crippen LogP contribution < -0.4 is 5.73 Å². The zero-order valence-corrected chi connectivity index (χ0v) is 10.2. The molecule has 0 radical (unpaired) electrons. The maximum absolute atomic E-state index is 5.94. The quantitative estimate of drug-likeness (QED) is 0.847. The average molecular weight is 247 g/mol. The van der Waals surface area contributed by atoms with Gasteiger partial charge in [0.05, 0.1) is 13.2 Å². The van der Waals surface area contributed by atoms with E-state index in [9.17, 15) is 0 Å². The molecule has 18 heavy (non-hydrogen) atoms. The first kappa shape index (κ1) is 11.4. The minimum absolute atomic E-state index is 0.539. The van der Waals surface area contributed by atoms with E-state index in [0.29, 0.717) is 5.95 Å². The third kappa shape index (κ3) is 2.16. The minimum atomic E-state index is 0.539. The van der Waals surface area contributed by atoms with Gasteiger partial charge in [-0.15, -0.1) is 0 Å². The van der Waals surface area contributed by atoms with E-state index in [1.165, 1.54) is 0 Å². The number of imidazole rings is 1. The number of pyridine rings is 1. The Hall–Kier alpha value is -1.66. The summed E-state index contributed by atoms with van der Waals surface area (Å²) in [5.41, 5.74) is 7.66. The normalized spacial score (nSPS) is 17.3. The van der Waals surface area contributed by atoms with E-state index >= 15 is 0 Å². The maximum atomic E-state index is 5.94. The van der Waals surface area contributed by atoms with Crippen molar-refractivity contribution in [2.24, 2.45) is 0 Å². The highest BCUT2D eigenvalue weighted by atomic mass is 16.5. The van der Waals surface area contributed by atoms with Crippen LogP contribution in [0.1, 0.15) is 0 Å². The SMILES string of the molecule is Nc1nc2cccnc2n1CCN1CCOCC1. The number of fused-ring (bicyclic) bond motifs is 1. The number of hydrogen-bond donors (Lipinski definition) is 1. The van der Waals surface area contributed by atoms with Crippen molar-refractivity contribution in [3.8, 4) is 0 Å². The van der Waals surface area contributed by atoms with Crippen LogP contribution in [0.2, 0.25) is 0 Å². The summed E-state index contributed by atoms with van der Waals surface area (Å²) in [6.45, 7) is 5.38. The number of nitrogens with zero attached hydrogens (tertiary/aromatic N) is 4. The standard InChI is InChI=1S/C12H17N5O/c13-12-15-10-2-1-3-14-11(10)17(12)5-4-16-6-8-18-9-7-16/h1-3H,4-9H2,(H2,13,15). The van der Waals surface area contributed by atoms with E-state index < -0.39 is 0 Å². The minimum Gasteiger partial charge on any atom is -0.379 e. The molecule has 0 aromatic carbocycles. The van der Waals surface area contributed by atoms with Gasteiger partial charge in [0.1, 0.15) is 5.52 Å². The molecule has 0 bridgehead atoms. The molecular weight excluding hydrogens is 230 g/mol. The molecule has 0 unspecified atom stereocenters. The van der Waals surface area contributed by atoms with E-state index in [-0.39, 0.29) is 0 Å². The molecule has 6 nitrogen and oxygen atoms in total. The van der Waals surface area contributed by atoms with Gasteiger partial charge in [-0.25, -0.2) is 9.97 Å². The molecule has 2 aromatic rings. The van der Waals surface area contributed by atoms with Crippen LogP contribution in [0.15, 0.2) is 18.3 Å². The van der Waals surface area contributed by atoms with E-state index in [4.69, 9.17) is 10.5 Å². The number of nitrogens with two attached hydrogens (primary N) is 1. The summed E-state index contributed by atoms with van der Waals surface area (Å²) in [5.74, 6) is 0.539. The second-order valence-corrected chi connectivity index (χ2v) is 4.42. The first-order valence-corrected chi connectivity index (χ1v) is 6.21. The molecule has 3 heterocycles. The monoisotopic (exact) mass is 247 g/mol. The fourth-order valence-electron chi connectivity index (χ4n) is 2.26. The second kappa shape index (κ2) is 4.91. The molecule has 1 aliphatic heterocycles. The Labute approximate surface area is 105 Å². The lowest BCUT2D eigenvalue weighted by Crippen LogP contribution is -2.38. The summed E-state index contributed by atoms with van der Waals surface area (Å²) in [6.07, 6.45) is 1.77. The summed E-state index contributed by atoms with van der Waals surface area (Å²) in [5, 5.41) is 0. The molecule has 0 amide bonds. The third-order valence-corrected chi connectivity index (χ3v) is 3.28. The van der Waals surface area contributed by atoms with Crippen LogP contribution in [0.3, 0.4) is 0 Å². The van der Waals surface area contributed by atoms with Crippen LogP contribution >= 0.6 is 0 Å². The number of rotatable bonds is 3. The Bertz CT molecular complexity index is 532. The molecule has 1 saturated heterocycles. The van der Waals surface area contributed by atoms with E-state index in [2.05, 4.69) is 14.9 Å². The Kier molecular flexibility index (Phi) is 3.12. The number of morpholine rings is 1. The van der Waals surface area contributed by atoms with Crippen LogP contribution in [-0.2, 0) is 11.3 Å². The predicted octanol–water partition coefficient (Wildman–Crippen LogP) is 0.346. The highest BCUT2D eigenvalue weighted by Gasteiger charge is 2.13. The molecule has 6 heteroatoms. The second-order valence-electron chi connectivity index (χ2n) is 4.42. The molecule has 1 aliphatic rings. The first-order valence-electron chi connectivity index (χ1n) is 6.21. The largest absolute Gasteiger partial charge is 0.379 e. The Morgan fingerprint density at radius 3 is 2.94 bits per heavy atom. The molecule has 0 spiro atoms. The zero-order valence-electron chi connectivity index (χ0n) is 10.2. The van der Waals surface area contributed by atoms with Gasteiger partial charge in [0, 0.05) is 32.4 Å². The van der Waals surface area contributed by atoms with Crippen LogP contribution in [-0.4, -0.2) is 52.3 Å². The van der Waals surface area contributed by atoms with Gasteiger partial charge in [0.2, 0.25) is 5.95 Å². The van der Waals surface area contributed by atoms with Gasteiger partial charge in [0.25, 0.3) is 0 Å². The first-order chi connectivity index (χ1) is 8.84. The molecule has 0 aliphatic carbocycles. The van der Waals surface area contributed by atoms with E-state index in [1.807, 2.05) is 16.7 Å². The van der Waals surface area contributed by atoms with Crippen LogP contribution in [0.5, 0.6) is 0 Å². The molecule has 0 saturated carbocycles. The van der Waals surface area contributed by atoms with Crippen LogP contribution in [0.25, 0.3) is 11.2 Å². The molecule has 3 rings (SSSR count). The Morgan fingerprint density at radius 2 is 2.11 bits per heavy atom. The lowest BCUT2D eigenvalue weighted by molar-refractivity contribution is 0.0366. The van der Waals surface area contributed by atoms with Crippen molar-refractivity contribution >= 4 is 17.1 Å². The smallest absolute Gasteiger partial charge is 0.202 e. The topological polar surface area (TPSA) is 69.2 Å². The van der Waals surface area contributed by atoms with Crippen molar-refractivity contribution in [2.75, 3.05) is 38.6 Å². The lowest BCUT2D eigenvalue weighted by atomic mass is 10.4. The zero-order chi connectivity index (χ0) is 12.4. The summed E-state index contributed by atoms with van der Waals surface area (Å²) in [6, 6.07) is 3.81. The fourth-order valence-corrected chi connectivity index (χ4v) is 2.26. The van der Waals surface area contributed by atoms with Crippen molar-refractivity contribution in [3.05, 3.63) is 18.3 Å². The van der Waals surface area contributed by atoms with Gasteiger partial charge < -0.3 is 10.5 Å². The van der Waals surface area contributed by atoms with Gasteiger partial charge in [0.15, 0.2) is 5.65 Å². The lowest BCUT2D eigenvalue weighted by Gasteiger charge is -2.26. The van der Waals surface area contributed by atoms with Gasteiger partial charge in [-0.2, -0.15) is 0 Å². The summed E-state index contributed by atoms with van der Waals surface area (Å²) >= 11 is 0. The fraction of sp³-hybridized carbons (Fsp3) is 0.500. The van der Waals surface area contributed by atoms with Crippen molar-refractivity contribution in [3.63, 3.8) is 0 Å². The number of ether oxygens (including phenoxy) is 1. The molecule has 2 aromatic heterocycles. The molecule has 0 atom stereocenters. The van der Waals surface area contributed by atoms with E-state index in [1.54, 1.807) is 6.20 Å². The number of nitrogen functional groups attached to an aromatic ring is 1. The van der Waals surface area contributed by atoms with Crippen molar-refractivity contribution < 1.29 is 4.74 Å². The van der Waals surface area contributed by atoms with E-state index in [0.717, 1.165) is 50.6 Å². The summed E-state index contributed by atoms with van der Waals surface area (Å²) in [4.78, 5) is 11.0.